The molecule has 3 rings (SSSR count). The molecule has 0 saturated carbocycles. The van der Waals surface area contributed by atoms with Crippen LogP contribution in [0.25, 0.3) is 11.3 Å². The summed E-state index contributed by atoms with van der Waals surface area (Å²) in [4.78, 5) is 7.34. The Balaban J connectivity index is 2.01. The van der Waals surface area contributed by atoms with E-state index < -0.39 is 0 Å². The quantitative estimate of drug-likeness (QED) is 0.844. The first-order chi connectivity index (χ1) is 8.88. The van der Waals surface area contributed by atoms with Gasteiger partial charge in [-0.1, -0.05) is 0 Å². The summed E-state index contributed by atoms with van der Waals surface area (Å²) in [6, 6.07) is 5.85. The van der Waals surface area contributed by atoms with E-state index in [0.717, 1.165) is 34.9 Å². The molecule has 0 saturated heterocycles. The fourth-order valence-corrected chi connectivity index (χ4v) is 2.04. The van der Waals surface area contributed by atoms with Gasteiger partial charge in [0.15, 0.2) is 11.5 Å². The van der Waals surface area contributed by atoms with Crippen molar-refractivity contribution in [3.8, 4) is 22.8 Å². The first kappa shape index (κ1) is 11.1. The highest BCUT2D eigenvalue weighted by Crippen LogP contribution is 2.34. The minimum atomic E-state index is 0.434. The first-order valence-electron chi connectivity index (χ1n) is 6.01. The molecule has 94 valence electrons. The molecule has 0 aliphatic carbocycles. The summed E-state index contributed by atoms with van der Waals surface area (Å²) in [5.74, 6) is 1.57. The Morgan fingerprint density at radius 1 is 1.22 bits per heavy atom. The van der Waals surface area contributed by atoms with Crippen molar-refractivity contribution in [2.45, 2.75) is 13.0 Å². The molecule has 5 nitrogen and oxygen atoms in total. The second-order valence-corrected chi connectivity index (χ2v) is 4.15. The van der Waals surface area contributed by atoms with Crippen molar-refractivity contribution in [1.29, 1.82) is 0 Å². The highest BCUT2D eigenvalue weighted by atomic mass is 16.5. The lowest BCUT2D eigenvalue weighted by molar-refractivity contribution is 0.297. The van der Waals surface area contributed by atoms with Gasteiger partial charge < -0.3 is 20.2 Å². The number of hydrogen-bond acceptors (Lipinski definition) is 4. The molecule has 1 aromatic heterocycles. The van der Waals surface area contributed by atoms with Crippen molar-refractivity contribution < 1.29 is 9.47 Å². The molecular formula is C13H15N3O2. The maximum Gasteiger partial charge on any atom is 0.161 e. The van der Waals surface area contributed by atoms with Crippen molar-refractivity contribution in [3.05, 3.63) is 30.2 Å². The van der Waals surface area contributed by atoms with Gasteiger partial charge in [0.05, 0.1) is 30.9 Å². The van der Waals surface area contributed by atoms with E-state index in [0.29, 0.717) is 19.8 Å². The van der Waals surface area contributed by atoms with Crippen LogP contribution in [0.2, 0.25) is 0 Å². The Morgan fingerprint density at radius 2 is 2.06 bits per heavy atom. The van der Waals surface area contributed by atoms with Crippen LogP contribution in [0, 0.1) is 0 Å². The zero-order chi connectivity index (χ0) is 12.4. The van der Waals surface area contributed by atoms with Crippen LogP contribution in [0.4, 0.5) is 0 Å². The standard InChI is InChI=1S/C13H15N3O2/c14-7-10-13(16-8-15-10)9-2-3-11-12(6-9)18-5-1-4-17-11/h2-3,6,8H,1,4-5,7,14H2,(H,15,16). The van der Waals surface area contributed by atoms with Gasteiger partial charge in [-0.25, -0.2) is 4.98 Å². The van der Waals surface area contributed by atoms with Gasteiger partial charge in [-0.3, -0.25) is 0 Å². The van der Waals surface area contributed by atoms with Gasteiger partial charge in [-0.15, -0.1) is 0 Å². The summed E-state index contributed by atoms with van der Waals surface area (Å²) >= 11 is 0. The van der Waals surface area contributed by atoms with Crippen molar-refractivity contribution in [2.75, 3.05) is 13.2 Å². The summed E-state index contributed by atoms with van der Waals surface area (Å²) in [5.41, 5.74) is 8.44. The number of benzene rings is 1. The number of aromatic nitrogens is 2. The van der Waals surface area contributed by atoms with Crippen LogP contribution in [0.3, 0.4) is 0 Å². The second kappa shape index (κ2) is 4.70. The topological polar surface area (TPSA) is 73.2 Å². The average molecular weight is 245 g/mol. The third kappa shape index (κ3) is 1.93. The second-order valence-electron chi connectivity index (χ2n) is 4.15. The smallest absolute Gasteiger partial charge is 0.161 e. The van der Waals surface area contributed by atoms with E-state index in [2.05, 4.69) is 9.97 Å². The molecule has 1 aliphatic rings. The summed E-state index contributed by atoms with van der Waals surface area (Å²) in [6.07, 6.45) is 2.56. The molecule has 0 atom stereocenters. The number of ether oxygens (including phenoxy) is 2. The Morgan fingerprint density at radius 3 is 2.89 bits per heavy atom. The fourth-order valence-electron chi connectivity index (χ4n) is 2.04. The number of aromatic amines is 1. The Labute approximate surface area is 105 Å². The lowest BCUT2D eigenvalue weighted by Crippen LogP contribution is -1.99. The zero-order valence-corrected chi connectivity index (χ0v) is 9.98. The number of rotatable bonds is 2. The van der Waals surface area contributed by atoms with Gasteiger partial charge in [-0.05, 0) is 18.2 Å². The van der Waals surface area contributed by atoms with Crippen LogP contribution < -0.4 is 15.2 Å². The summed E-state index contributed by atoms with van der Waals surface area (Å²) in [6.45, 7) is 1.81. The molecule has 1 aliphatic heterocycles. The van der Waals surface area contributed by atoms with E-state index in [1.54, 1.807) is 6.33 Å². The minimum absolute atomic E-state index is 0.434. The van der Waals surface area contributed by atoms with Crippen LogP contribution >= 0.6 is 0 Å². The molecule has 18 heavy (non-hydrogen) atoms. The molecule has 0 unspecified atom stereocenters. The Bertz CT molecular complexity index is 551. The molecule has 3 N–H and O–H groups in total. The van der Waals surface area contributed by atoms with Gasteiger partial charge in [0, 0.05) is 18.5 Å². The normalized spacial score (nSPS) is 14.3. The minimum Gasteiger partial charge on any atom is -0.490 e. The third-order valence-corrected chi connectivity index (χ3v) is 2.94. The molecule has 2 aromatic rings. The van der Waals surface area contributed by atoms with Crippen molar-refractivity contribution in [2.24, 2.45) is 5.73 Å². The van der Waals surface area contributed by atoms with Gasteiger partial charge in [-0.2, -0.15) is 0 Å². The molecule has 2 heterocycles. The third-order valence-electron chi connectivity index (χ3n) is 2.94. The Hall–Kier alpha value is -2.01. The monoisotopic (exact) mass is 245 g/mol. The Kier molecular flexibility index (Phi) is 2.90. The molecule has 0 bridgehead atoms. The van der Waals surface area contributed by atoms with Gasteiger partial charge in [0.1, 0.15) is 0 Å². The van der Waals surface area contributed by atoms with Crippen LogP contribution in [-0.4, -0.2) is 23.2 Å². The van der Waals surface area contributed by atoms with Crippen LogP contribution in [0.1, 0.15) is 12.1 Å². The predicted octanol–water partition coefficient (Wildman–Crippen LogP) is 1.70. The number of nitrogens with one attached hydrogen (secondary N) is 1. The first-order valence-corrected chi connectivity index (χ1v) is 6.01. The number of nitrogens with zero attached hydrogens (tertiary/aromatic N) is 1. The molecular weight excluding hydrogens is 230 g/mol. The SMILES string of the molecule is NCc1[nH]cnc1-c1ccc2c(c1)OCCCO2. The number of H-pyrrole nitrogens is 1. The number of fused-ring (bicyclic) bond motifs is 1. The lowest BCUT2D eigenvalue weighted by atomic mass is 10.1. The highest BCUT2D eigenvalue weighted by Gasteiger charge is 2.13. The van der Waals surface area contributed by atoms with Crippen LogP contribution in [0.5, 0.6) is 11.5 Å². The van der Waals surface area contributed by atoms with E-state index in [1.165, 1.54) is 0 Å². The van der Waals surface area contributed by atoms with E-state index in [9.17, 15) is 0 Å². The fraction of sp³-hybridized carbons (Fsp3) is 0.308. The van der Waals surface area contributed by atoms with Crippen LogP contribution in [0.15, 0.2) is 24.5 Å². The van der Waals surface area contributed by atoms with Gasteiger partial charge >= 0.3 is 0 Å². The maximum atomic E-state index is 5.67. The number of hydrogen-bond donors (Lipinski definition) is 2. The van der Waals surface area contributed by atoms with Crippen molar-refractivity contribution in [1.82, 2.24) is 9.97 Å². The van der Waals surface area contributed by atoms with Gasteiger partial charge in [0.2, 0.25) is 0 Å². The zero-order valence-electron chi connectivity index (χ0n) is 9.98. The van der Waals surface area contributed by atoms with E-state index >= 15 is 0 Å². The van der Waals surface area contributed by atoms with Crippen molar-refractivity contribution >= 4 is 0 Å². The summed E-state index contributed by atoms with van der Waals surface area (Å²) < 4.78 is 11.3. The number of imidazole rings is 1. The predicted molar refractivity (Wildman–Crippen MR) is 67.5 cm³/mol. The molecule has 1 aromatic carbocycles. The molecule has 0 amide bonds. The molecule has 0 fully saturated rings. The van der Waals surface area contributed by atoms with E-state index in [4.69, 9.17) is 15.2 Å². The van der Waals surface area contributed by atoms with Crippen LogP contribution in [-0.2, 0) is 6.54 Å². The molecule has 0 spiro atoms. The number of nitrogens with two attached hydrogens (primary N) is 1. The average Bonchev–Trinajstić information content (AvgIpc) is 2.76. The maximum absolute atomic E-state index is 5.67. The van der Waals surface area contributed by atoms with Crippen molar-refractivity contribution in [3.63, 3.8) is 0 Å². The summed E-state index contributed by atoms with van der Waals surface area (Å²) in [7, 11) is 0. The lowest BCUT2D eigenvalue weighted by Gasteiger charge is -2.09. The van der Waals surface area contributed by atoms with Gasteiger partial charge in [0.25, 0.3) is 0 Å². The molecule has 5 heteroatoms. The summed E-state index contributed by atoms with van der Waals surface area (Å²) in [5, 5.41) is 0. The highest BCUT2D eigenvalue weighted by molar-refractivity contribution is 5.66. The van der Waals surface area contributed by atoms with E-state index in [1.807, 2.05) is 18.2 Å². The van der Waals surface area contributed by atoms with E-state index in [-0.39, 0.29) is 0 Å². The molecule has 0 radical (unpaired) electrons. The largest absolute Gasteiger partial charge is 0.490 e.